The molecule has 0 heterocycles. The minimum atomic E-state index is -0.574. The molecule has 3 nitrogen and oxygen atoms in total. The number of hydrogen-bond acceptors (Lipinski definition) is 3. The summed E-state index contributed by atoms with van der Waals surface area (Å²) in [6, 6.07) is 14.1. The van der Waals surface area contributed by atoms with Gasteiger partial charge in [0.15, 0.2) is 0 Å². The normalized spacial score (nSPS) is 12.6. The van der Waals surface area contributed by atoms with Crippen LogP contribution in [0, 0.1) is 5.82 Å². The van der Waals surface area contributed by atoms with E-state index in [2.05, 4.69) is 0 Å². The number of nitrogens with zero attached hydrogens (tertiary/aromatic N) is 1. The van der Waals surface area contributed by atoms with E-state index in [9.17, 15) is 9.50 Å². The van der Waals surface area contributed by atoms with Crippen LogP contribution in [0.1, 0.15) is 22.8 Å². The van der Waals surface area contributed by atoms with Gasteiger partial charge in [-0.25, -0.2) is 4.39 Å². The lowest BCUT2D eigenvalue weighted by Crippen LogP contribution is -2.24. The van der Waals surface area contributed by atoms with Crippen LogP contribution in [0.25, 0.3) is 0 Å². The van der Waals surface area contributed by atoms with Crippen LogP contribution in [-0.4, -0.2) is 23.6 Å². The first-order valence-electron chi connectivity index (χ1n) is 6.98. The topological polar surface area (TPSA) is 49.5 Å². The lowest BCUT2D eigenvalue weighted by molar-refractivity contribution is 0.124. The molecule has 0 radical (unpaired) electrons. The largest absolute Gasteiger partial charge is 0.387 e. The van der Waals surface area contributed by atoms with Crippen molar-refractivity contribution in [3.05, 3.63) is 71.0 Å². The molecule has 0 fully saturated rings. The Hall–Kier alpha value is -1.75. The summed E-state index contributed by atoms with van der Waals surface area (Å²) in [4.78, 5) is 1.97. The molecule has 2 rings (SSSR count). The molecular weight excluding hydrogens is 267 g/mol. The van der Waals surface area contributed by atoms with Gasteiger partial charge < -0.3 is 10.8 Å². The lowest BCUT2D eigenvalue weighted by Gasteiger charge is -2.21. The quantitative estimate of drug-likeness (QED) is 0.858. The number of aliphatic hydroxyl groups is 1. The summed E-state index contributed by atoms with van der Waals surface area (Å²) in [7, 11) is 1.91. The average Bonchev–Trinajstić information content (AvgIpc) is 2.47. The van der Waals surface area contributed by atoms with Gasteiger partial charge in [-0.05, 0) is 35.9 Å². The van der Waals surface area contributed by atoms with Crippen molar-refractivity contribution in [2.24, 2.45) is 5.73 Å². The monoisotopic (exact) mass is 288 g/mol. The number of aliphatic hydroxyl groups excluding tert-OH is 1. The third-order valence-electron chi connectivity index (χ3n) is 3.43. The minimum absolute atomic E-state index is 0.237. The highest BCUT2D eigenvalue weighted by Crippen LogP contribution is 2.16. The van der Waals surface area contributed by atoms with Gasteiger partial charge in [-0.3, -0.25) is 4.90 Å². The third kappa shape index (κ3) is 4.63. The number of nitrogens with two attached hydrogens (primary N) is 1. The maximum Gasteiger partial charge on any atom is 0.123 e. The zero-order valence-electron chi connectivity index (χ0n) is 12.2. The molecule has 0 aromatic heterocycles. The van der Waals surface area contributed by atoms with Crippen LogP contribution >= 0.6 is 0 Å². The fraction of sp³-hybridized carbons (Fsp3) is 0.294. The first kappa shape index (κ1) is 15.6. The molecule has 0 spiro atoms. The second-order valence-corrected chi connectivity index (χ2v) is 5.29. The number of likely N-dealkylation sites (N-methyl/N-ethyl adjacent to an activating group) is 1. The molecular formula is C17H21FN2O. The fourth-order valence-electron chi connectivity index (χ4n) is 2.29. The molecule has 0 bridgehead atoms. The molecule has 2 aromatic rings. The second-order valence-electron chi connectivity index (χ2n) is 5.29. The predicted molar refractivity (Wildman–Crippen MR) is 82.0 cm³/mol. The lowest BCUT2D eigenvalue weighted by atomic mass is 10.1. The van der Waals surface area contributed by atoms with Crippen molar-refractivity contribution in [1.82, 2.24) is 4.90 Å². The maximum atomic E-state index is 13.1. The highest BCUT2D eigenvalue weighted by Gasteiger charge is 2.11. The van der Waals surface area contributed by atoms with Crippen LogP contribution in [0.4, 0.5) is 4.39 Å². The zero-order chi connectivity index (χ0) is 15.2. The summed E-state index contributed by atoms with van der Waals surface area (Å²) in [5, 5.41) is 10.2. The molecule has 1 atom stereocenters. The summed E-state index contributed by atoms with van der Waals surface area (Å²) in [6.07, 6.45) is -0.574. The molecule has 1 unspecified atom stereocenters. The second kappa shape index (κ2) is 7.31. The van der Waals surface area contributed by atoms with Gasteiger partial charge in [-0.2, -0.15) is 0 Å². The van der Waals surface area contributed by atoms with Crippen LogP contribution < -0.4 is 5.73 Å². The Labute approximate surface area is 124 Å². The van der Waals surface area contributed by atoms with Gasteiger partial charge in [0.1, 0.15) is 5.82 Å². The van der Waals surface area contributed by atoms with E-state index >= 15 is 0 Å². The summed E-state index contributed by atoms with van der Waals surface area (Å²) < 4.78 is 13.1. The summed E-state index contributed by atoms with van der Waals surface area (Å²) in [6.45, 7) is 1.57. The van der Waals surface area contributed by atoms with Crippen LogP contribution in [0.2, 0.25) is 0 Å². The molecule has 0 aliphatic rings. The van der Waals surface area contributed by atoms with E-state index in [1.807, 2.05) is 42.3 Å². The molecule has 0 aliphatic heterocycles. The van der Waals surface area contributed by atoms with Crippen molar-refractivity contribution < 1.29 is 9.50 Å². The Morgan fingerprint density at radius 3 is 2.48 bits per heavy atom. The van der Waals surface area contributed by atoms with Crippen molar-refractivity contribution in [3.63, 3.8) is 0 Å². The van der Waals surface area contributed by atoms with E-state index in [-0.39, 0.29) is 5.82 Å². The molecule has 3 N–H and O–H groups in total. The van der Waals surface area contributed by atoms with Crippen molar-refractivity contribution in [2.75, 3.05) is 13.6 Å². The van der Waals surface area contributed by atoms with Crippen molar-refractivity contribution >= 4 is 0 Å². The Morgan fingerprint density at radius 1 is 1.14 bits per heavy atom. The first-order chi connectivity index (χ1) is 10.1. The number of halogens is 1. The van der Waals surface area contributed by atoms with Gasteiger partial charge >= 0.3 is 0 Å². The first-order valence-corrected chi connectivity index (χ1v) is 6.98. The van der Waals surface area contributed by atoms with E-state index in [1.165, 1.54) is 12.1 Å². The van der Waals surface area contributed by atoms with E-state index in [4.69, 9.17) is 5.73 Å². The van der Waals surface area contributed by atoms with Gasteiger partial charge in [-0.15, -0.1) is 0 Å². The van der Waals surface area contributed by atoms with E-state index in [0.29, 0.717) is 19.6 Å². The Morgan fingerprint density at radius 2 is 1.86 bits per heavy atom. The SMILES string of the molecule is CN(Cc1cccc(F)c1)CC(O)c1ccc(CN)cc1. The highest BCUT2D eigenvalue weighted by atomic mass is 19.1. The minimum Gasteiger partial charge on any atom is -0.387 e. The van der Waals surface area contributed by atoms with Crippen LogP contribution in [0.15, 0.2) is 48.5 Å². The predicted octanol–water partition coefficient (Wildman–Crippen LogP) is 2.45. The molecule has 0 saturated carbocycles. The number of hydrogen-bond donors (Lipinski definition) is 2. The van der Waals surface area contributed by atoms with Gasteiger partial charge in [0.2, 0.25) is 0 Å². The van der Waals surface area contributed by atoms with Gasteiger partial charge in [-0.1, -0.05) is 36.4 Å². The number of rotatable bonds is 6. The smallest absolute Gasteiger partial charge is 0.123 e. The maximum absolute atomic E-state index is 13.1. The highest BCUT2D eigenvalue weighted by molar-refractivity contribution is 5.24. The van der Waals surface area contributed by atoms with Gasteiger partial charge in [0, 0.05) is 19.6 Å². The van der Waals surface area contributed by atoms with E-state index < -0.39 is 6.10 Å². The van der Waals surface area contributed by atoms with Crippen LogP contribution in [-0.2, 0) is 13.1 Å². The molecule has 112 valence electrons. The number of benzene rings is 2. The summed E-state index contributed by atoms with van der Waals surface area (Å²) in [5.74, 6) is -0.237. The molecule has 0 aliphatic carbocycles. The van der Waals surface area contributed by atoms with Crippen LogP contribution in [0.5, 0.6) is 0 Å². The standard InChI is InChI=1S/C17H21FN2O/c1-20(11-14-3-2-4-16(18)9-14)12-17(21)15-7-5-13(10-19)6-8-15/h2-9,17,21H,10-12,19H2,1H3. The van der Waals surface area contributed by atoms with E-state index in [0.717, 1.165) is 16.7 Å². The molecule has 0 saturated heterocycles. The Kier molecular flexibility index (Phi) is 5.44. The van der Waals surface area contributed by atoms with E-state index in [1.54, 1.807) is 6.07 Å². The Bertz CT molecular complexity index is 571. The van der Waals surface area contributed by atoms with Crippen molar-refractivity contribution in [3.8, 4) is 0 Å². The molecule has 21 heavy (non-hydrogen) atoms. The zero-order valence-corrected chi connectivity index (χ0v) is 12.2. The van der Waals surface area contributed by atoms with Crippen LogP contribution in [0.3, 0.4) is 0 Å². The molecule has 2 aromatic carbocycles. The summed E-state index contributed by atoms with van der Waals surface area (Å²) >= 11 is 0. The summed E-state index contributed by atoms with van der Waals surface area (Å²) in [5.41, 5.74) is 8.35. The van der Waals surface area contributed by atoms with Gasteiger partial charge in [0.05, 0.1) is 6.10 Å². The van der Waals surface area contributed by atoms with Crippen molar-refractivity contribution in [2.45, 2.75) is 19.2 Å². The Balaban J connectivity index is 1.93. The van der Waals surface area contributed by atoms with Crippen molar-refractivity contribution in [1.29, 1.82) is 0 Å². The van der Waals surface area contributed by atoms with Gasteiger partial charge in [0.25, 0.3) is 0 Å². The average molecular weight is 288 g/mol. The fourth-order valence-corrected chi connectivity index (χ4v) is 2.29. The molecule has 0 amide bonds. The third-order valence-corrected chi connectivity index (χ3v) is 3.43. The molecule has 4 heteroatoms.